The third kappa shape index (κ3) is 2.65. The molecule has 1 aromatic heterocycles. The Hall–Kier alpha value is -2.05. The molecule has 0 saturated carbocycles. The Morgan fingerprint density at radius 2 is 1.92 bits per heavy atom. The number of rotatable bonds is 1. The molecule has 2 aromatic rings. The first-order valence-electron chi connectivity index (χ1n) is 7.38. The molecule has 0 saturated heterocycles. The van der Waals surface area contributed by atoms with Gasteiger partial charge in [-0.25, -0.2) is 4.79 Å². The van der Waals surface area contributed by atoms with Crippen molar-refractivity contribution in [3.05, 3.63) is 65.9 Å². The summed E-state index contributed by atoms with van der Waals surface area (Å²) in [6.07, 6.45) is 1.79. The second-order valence-electron chi connectivity index (χ2n) is 5.76. The molecule has 0 radical (unpaired) electrons. The Balaban J connectivity index is 2.01. The molecule has 3 rings (SSSR count). The molecule has 0 aliphatic carbocycles. The lowest BCUT2D eigenvalue weighted by Gasteiger charge is -2.35. The predicted octanol–water partition coefficient (Wildman–Crippen LogP) is 2.14. The molecule has 1 N–H and O–H groups in total. The molecule has 24 heavy (non-hydrogen) atoms. The summed E-state index contributed by atoms with van der Waals surface area (Å²) in [5.74, 6) is -0.420. The van der Waals surface area contributed by atoms with E-state index in [9.17, 15) is 14.4 Å². The maximum Gasteiger partial charge on any atom is 0.328 e. The molecule has 0 bridgehead atoms. The molecule has 126 valence electrons. The number of hydrogen-bond acceptors (Lipinski definition) is 3. The average Bonchev–Trinajstić information content (AvgIpc) is 2.54. The van der Waals surface area contributed by atoms with E-state index in [0.717, 1.165) is 15.7 Å². The van der Waals surface area contributed by atoms with Gasteiger partial charge in [-0.2, -0.15) is 0 Å². The van der Waals surface area contributed by atoms with Gasteiger partial charge in [0.25, 0.3) is 11.5 Å². The molecular weight excluding hydrogens is 353 g/mol. The number of nitrogens with zero attached hydrogens (tertiary/aromatic N) is 2. The molecule has 6 nitrogen and oxygen atoms in total. The number of carbonyl (C=O) groups excluding carboxylic acids is 1. The minimum Gasteiger partial charge on any atom is -0.331 e. The lowest BCUT2D eigenvalue weighted by Crippen LogP contribution is -2.44. The molecule has 1 aliphatic rings. The standard InChI is InChI=1S/C16H15Cl2N3O3/c1-8-10-6-13(18)12(17)5-9(10)3-4-21(8)15(23)11-7-19-16(24)20(2)14(11)22/h5-8H,3-4H2,1-2H3,(H,19,24). The number of aromatic amines is 1. The monoisotopic (exact) mass is 367 g/mol. The van der Waals surface area contributed by atoms with E-state index in [1.54, 1.807) is 11.0 Å². The number of H-pyrrole nitrogens is 1. The van der Waals surface area contributed by atoms with Gasteiger partial charge in [-0.15, -0.1) is 0 Å². The van der Waals surface area contributed by atoms with E-state index in [0.29, 0.717) is 23.0 Å². The predicted molar refractivity (Wildman–Crippen MR) is 91.9 cm³/mol. The van der Waals surface area contributed by atoms with Crippen LogP contribution in [0.1, 0.15) is 34.5 Å². The molecule has 1 aliphatic heterocycles. The Morgan fingerprint density at radius 3 is 2.62 bits per heavy atom. The van der Waals surface area contributed by atoms with Crippen molar-refractivity contribution in [2.24, 2.45) is 7.05 Å². The van der Waals surface area contributed by atoms with E-state index < -0.39 is 17.2 Å². The molecule has 1 aromatic carbocycles. The minimum atomic E-state index is -0.615. The van der Waals surface area contributed by atoms with Gasteiger partial charge in [0.2, 0.25) is 0 Å². The Labute approximate surface area is 147 Å². The summed E-state index contributed by atoms with van der Waals surface area (Å²) in [6, 6.07) is 3.32. The number of fused-ring (bicyclic) bond motifs is 1. The molecule has 0 spiro atoms. The van der Waals surface area contributed by atoms with Crippen LogP contribution in [0.25, 0.3) is 0 Å². The SMILES string of the molecule is CC1c2cc(Cl)c(Cl)cc2CCN1C(=O)c1c[nH]c(=O)n(C)c1=O. The van der Waals surface area contributed by atoms with Gasteiger partial charge in [0.05, 0.1) is 16.1 Å². The van der Waals surface area contributed by atoms with Crippen LogP contribution in [-0.2, 0) is 13.5 Å². The van der Waals surface area contributed by atoms with E-state index in [2.05, 4.69) is 4.98 Å². The summed E-state index contributed by atoms with van der Waals surface area (Å²) >= 11 is 12.1. The van der Waals surface area contributed by atoms with Crippen molar-refractivity contribution < 1.29 is 4.79 Å². The minimum absolute atomic E-state index is 0.0625. The van der Waals surface area contributed by atoms with Crippen LogP contribution >= 0.6 is 23.2 Å². The largest absolute Gasteiger partial charge is 0.331 e. The van der Waals surface area contributed by atoms with Gasteiger partial charge in [0, 0.05) is 19.8 Å². The van der Waals surface area contributed by atoms with Crippen LogP contribution < -0.4 is 11.2 Å². The first-order chi connectivity index (χ1) is 11.3. The van der Waals surface area contributed by atoms with Crippen LogP contribution in [-0.4, -0.2) is 26.9 Å². The molecular formula is C16H15Cl2N3O3. The summed E-state index contributed by atoms with van der Waals surface area (Å²) in [6.45, 7) is 2.32. The van der Waals surface area contributed by atoms with Crippen LogP contribution in [0.4, 0.5) is 0 Å². The zero-order valence-corrected chi connectivity index (χ0v) is 14.6. The van der Waals surface area contributed by atoms with Crippen molar-refractivity contribution in [2.45, 2.75) is 19.4 Å². The molecule has 2 heterocycles. The fourth-order valence-electron chi connectivity index (χ4n) is 2.96. The Kier molecular flexibility index (Phi) is 4.27. The highest BCUT2D eigenvalue weighted by atomic mass is 35.5. The van der Waals surface area contributed by atoms with Crippen LogP contribution in [0.3, 0.4) is 0 Å². The summed E-state index contributed by atoms with van der Waals surface area (Å²) in [5, 5.41) is 0.911. The molecule has 0 fully saturated rings. The van der Waals surface area contributed by atoms with Gasteiger partial charge in [-0.1, -0.05) is 23.2 Å². The highest BCUT2D eigenvalue weighted by Crippen LogP contribution is 2.35. The summed E-state index contributed by atoms with van der Waals surface area (Å²) in [5.41, 5.74) is 0.707. The van der Waals surface area contributed by atoms with Crippen molar-refractivity contribution in [3.8, 4) is 0 Å². The van der Waals surface area contributed by atoms with Crippen LogP contribution in [0.2, 0.25) is 10.0 Å². The number of benzene rings is 1. The Morgan fingerprint density at radius 1 is 1.25 bits per heavy atom. The number of amides is 1. The van der Waals surface area contributed by atoms with Gasteiger partial charge in [0.15, 0.2) is 0 Å². The quantitative estimate of drug-likeness (QED) is 0.838. The van der Waals surface area contributed by atoms with Crippen LogP contribution in [0.5, 0.6) is 0 Å². The number of halogens is 2. The van der Waals surface area contributed by atoms with Gasteiger partial charge < -0.3 is 9.88 Å². The van der Waals surface area contributed by atoms with Gasteiger partial charge in [-0.05, 0) is 36.6 Å². The summed E-state index contributed by atoms with van der Waals surface area (Å²) in [7, 11) is 1.33. The average molecular weight is 368 g/mol. The van der Waals surface area contributed by atoms with Gasteiger partial charge >= 0.3 is 5.69 Å². The van der Waals surface area contributed by atoms with Crippen molar-refractivity contribution in [3.63, 3.8) is 0 Å². The second kappa shape index (κ2) is 6.11. The lowest BCUT2D eigenvalue weighted by molar-refractivity contribution is 0.0674. The van der Waals surface area contributed by atoms with E-state index in [1.807, 2.05) is 13.0 Å². The van der Waals surface area contributed by atoms with Crippen molar-refractivity contribution in [1.29, 1.82) is 0 Å². The number of hydrogen-bond donors (Lipinski definition) is 1. The highest BCUT2D eigenvalue weighted by molar-refractivity contribution is 6.42. The summed E-state index contributed by atoms with van der Waals surface area (Å²) in [4.78, 5) is 40.4. The second-order valence-corrected chi connectivity index (χ2v) is 6.58. The molecule has 1 atom stereocenters. The summed E-state index contributed by atoms with van der Waals surface area (Å²) < 4.78 is 0.881. The first-order valence-corrected chi connectivity index (χ1v) is 8.14. The van der Waals surface area contributed by atoms with E-state index >= 15 is 0 Å². The highest BCUT2D eigenvalue weighted by Gasteiger charge is 2.30. The van der Waals surface area contributed by atoms with Crippen LogP contribution in [0.15, 0.2) is 27.9 Å². The third-order valence-corrected chi connectivity index (χ3v) is 5.11. The Bertz CT molecular complexity index is 949. The van der Waals surface area contributed by atoms with Gasteiger partial charge in [-0.3, -0.25) is 14.2 Å². The van der Waals surface area contributed by atoms with E-state index in [1.165, 1.54) is 13.2 Å². The number of aromatic nitrogens is 2. The lowest BCUT2D eigenvalue weighted by atomic mass is 9.93. The number of nitrogens with one attached hydrogen (secondary N) is 1. The van der Waals surface area contributed by atoms with E-state index in [4.69, 9.17) is 23.2 Å². The van der Waals surface area contributed by atoms with Crippen molar-refractivity contribution >= 4 is 29.1 Å². The van der Waals surface area contributed by atoms with Crippen molar-refractivity contribution in [1.82, 2.24) is 14.5 Å². The third-order valence-electron chi connectivity index (χ3n) is 4.39. The maximum atomic E-state index is 12.8. The normalized spacial score (nSPS) is 16.8. The van der Waals surface area contributed by atoms with Gasteiger partial charge in [0.1, 0.15) is 5.56 Å². The first kappa shape index (κ1) is 16.8. The van der Waals surface area contributed by atoms with E-state index in [-0.39, 0.29) is 11.6 Å². The smallest absolute Gasteiger partial charge is 0.328 e. The fourth-order valence-corrected chi connectivity index (χ4v) is 3.32. The zero-order valence-electron chi connectivity index (χ0n) is 13.1. The van der Waals surface area contributed by atoms with Crippen molar-refractivity contribution in [2.75, 3.05) is 6.54 Å². The molecule has 1 amide bonds. The van der Waals surface area contributed by atoms with Crippen LogP contribution in [0, 0.1) is 0 Å². The fraction of sp³-hybridized carbons (Fsp3) is 0.312. The molecule has 8 heteroatoms. The topological polar surface area (TPSA) is 75.2 Å². The zero-order chi connectivity index (χ0) is 17.6. The molecule has 1 unspecified atom stereocenters. The number of carbonyl (C=O) groups is 1. The maximum absolute atomic E-state index is 12.8.